The third-order valence-electron chi connectivity index (χ3n) is 5.10. The summed E-state index contributed by atoms with van der Waals surface area (Å²) in [4.78, 5) is 41.6. The van der Waals surface area contributed by atoms with Gasteiger partial charge in [-0.25, -0.2) is 9.79 Å². The number of carbonyl (C=O) groups excluding carboxylic acids is 1. The van der Waals surface area contributed by atoms with E-state index in [2.05, 4.69) is 4.99 Å². The minimum atomic E-state index is -0.725. The second-order valence-corrected chi connectivity index (χ2v) is 8.65. The maximum absolute atomic E-state index is 13.4. The van der Waals surface area contributed by atoms with Crippen LogP contribution in [0.1, 0.15) is 31.0 Å². The van der Waals surface area contributed by atoms with Crippen LogP contribution in [0.5, 0.6) is 0 Å². The lowest BCUT2D eigenvalue weighted by atomic mass is 9.96. The predicted octanol–water partition coefficient (Wildman–Crippen LogP) is 3.36. The molecule has 0 unspecified atom stereocenters. The van der Waals surface area contributed by atoms with E-state index in [9.17, 15) is 19.7 Å². The molecule has 0 bridgehead atoms. The fourth-order valence-electron chi connectivity index (χ4n) is 3.60. The first-order valence-electron chi connectivity index (χ1n) is 9.99. The largest absolute Gasteiger partial charge is 0.463 e. The highest BCUT2D eigenvalue weighted by molar-refractivity contribution is 7.07. The van der Waals surface area contributed by atoms with E-state index in [4.69, 9.17) is 16.3 Å². The van der Waals surface area contributed by atoms with Crippen LogP contribution in [0.4, 0.5) is 5.69 Å². The van der Waals surface area contributed by atoms with Crippen molar-refractivity contribution in [1.29, 1.82) is 0 Å². The summed E-state index contributed by atoms with van der Waals surface area (Å²) in [7, 11) is 0. The first-order valence-corrected chi connectivity index (χ1v) is 11.2. The van der Waals surface area contributed by atoms with Crippen molar-refractivity contribution in [3.63, 3.8) is 0 Å². The zero-order chi connectivity index (χ0) is 23.7. The van der Waals surface area contributed by atoms with Crippen LogP contribution in [-0.4, -0.2) is 22.1 Å². The Kier molecular flexibility index (Phi) is 6.26. The van der Waals surface area contributed by atoms with Crippen molar-refractivity contribution >= 4 is 40.7 Å². The molecule has 1 aliphatic heterocycles. The second kappa shape index (κ2) is 9.13. The number of aromatic nitrogens is 1. The van der Waals surface area contributed by atoms with Crippen LogP contribution in [0.2, 0.25) is 5.02 Å². The molecule has 33 heavy (non-hydrogen) atoms. The summed E-state index contributed by atoms with van der Waals surface area (Å²) in [5.74, 6) is -0.539. The lowest BCUT2D eigenvalue weighted by Crippen LogP contribution is -2.39. The third kappa shape index (κ3) is 4.37. The molecule has 4 rings (SSSR count). The molecule has 8 nitrogen and oxygen atoms in total. The van der Waals surface area contributed by atoms with Gasteiger partial charge in [-0.3, -0.25) is 19.5 Å². The number of allylic oxidation sites excluding steroid dienone is 1. The third-order valence-corrected chi connectivity index (χ3v) is 6.34. The standard InChI is InChI=1S/C23H18ClN3O5S/c1-3-32-22(29)19-13(2)25-23-26(20(19)15-6-8-16(24)9-7-15)21(28)18(33-23)12-14-4-10-17(11-5-14)27(30)31/h4-12,20H,3H2,1-2H3/b18-12+/t20-/m0/s1. The van der Waals surface area contributed by atoms with Crippen LogP contribution < -0.4 is 14.9 Å². The van der Waals surface area contributed by atoms with Crippen molar-refractivity contribution in [2.75, 3.05) is 6.61 Å². The van der Waals surface area contributed by atoms with Gasteiger partial charge in [0.1, 0.15) is 0 Å². The summed E-state index contributed by atoms with van der Waals surface area (Å²) in [5, 5.41) is 11.4. The fourth-order valence-corrected chi connectivity index (χ4v) is 4.77. The summed E-state index contributed by atoms with van der Waals surface area (Å²) < 4.78 is 7.12. The number of ether oxygens (including phenoxy) is 1. The number of hydrogen-bond acceptors (Lipinski definition) is 7. The molecule has 0 fully saturated rings. The van der Waals surface area contributed by atoms with Crippen LogP contribution in [0.3, 0.4) is 0 Å². The predicted molar refractivity (Wildman–Crippen MR) is 125 cm³/mol. The average Bonchev–Trinajstić information content (AvgIpc) is 3.08. The van der Waals surface area contributed by atoms with Gasteiger partial charge in [0.15, 0.2) is 4.80 Å². The van der Waals surface area contributed by atoms with Gasteiger partial charge in [0.2, 0.25) is 0 Å². The molecule has 0 N–H and O–H groups in total. The Bertz CT molecular complexity index is 1450. The zero-order valence-electron chi connectivity index (χ0n) is 17.6. The SMILES string of the molecule is CCOC(=O)C1=C(C)N=c2s/c(=C/c3ccc([N+](=O)[O-])cc3)c(=O)n2[C@H]1c1ccc(Cl)cc1. The average molecular weight is 484 g/mol. The molecule has 0 amide bonds. The number of hydrogen-bond donors (Lipinski definition) is 0. The number of rotatable bonds is 5. The number of non-ortho nitro benzene ring substituents is 1. The van der Waals surface area contributed by atoms with Gasteiger partial charge in [-0.2, -0.15) is 0 Å². The molecule has 10 heteroatoms. The Morgan fingerprint density at radius 2 is 1.91 bits per heavy atom. The van der Waals surface area contributed by atoms with Crippen molar-refractivity contribution in [3.8, 4) is 0 Å². The highest BCUT2D eigenvalue weighted by atomic mass is 35.5. The number of nitro benzene ring substituents is 1. The summed E-state index contributed by atoms with van der Waals surface area (Å²) >= 11 is 7.23. The monoisotopic (exact) mass is 483 g/mol. The number of nitrogens with zero attached hydrogens (tertiary/aromatic N) is 3. The fraction of sp³-hybridized carbons (Fsp3) is 0.174. The smallest absolute Gasteiger partial charge is 0.338 e. The molecule has 2 aromatic carbocycles. The highest BCUT2D eigenvalue weighted by Crippen LogP contribution is 2.31. The molecule has 0 saturated heterocycles. The van der Waals surface area contributed by atoms with Gasteiger partial charge in [-0.15, -0.1) is 0 Å². The van der Waals surface area contributed by atoms with E-state index in [0.29, 0.717) is 31.2 Å². The minimum absolute atomic E-state index is 0.0361. The molecule has 168 valence electrons. The molecule has 0 saturated carbocycles. The van der Waals surface area contributed by atoms with E-state index in [1.807, 2.05) is 0 Å². The molecule has 0 spiro atoms. The number of carbonyl (C=O) groups is 1. The summed E-state index contributed by atoms with van der Waals surface area (Å²) in [6.45, 7) is 3.61. The van der Waals surface area contributed by atoms with Crippen molar-refractivity contribution in [3.05, 3.63) is 106 Å². The highest BCUT2D eigenvalue weighted by Gasteiger charge is 2.33. The van der Waals surface area contributed by atoms with Gasteiger partial charge in [-0.1, -0.05) is 35.1 Å². The maximum atomic E-state index is 13.4. The summed E-state index contributed by atoms with van der Waals surface area (Å²) in [5.41, 5.74) is 1.72. The first kappa shape index (κ1) is 22.6. The van der Waals surface area contributed by atoms with Crippen LogP contribution in [0.25, 0.3) is 6.08 Å². The van der Waals surface area contributed by atoms with Gasteiger partial charge in [0, 0.05) is 17.2 Å². The van der Waals surface area contributed by atoms with E-state index >= 15 is 0 Å². The molecule has 0 aliphatic carbocycles. The normalized spacial score (nSPS) is 15.7. The zero-order valence-corrected chi connectivity index (χ0v) is 19.2. The van der Waals surface area contributed by atoms with E-state index in [-0.39, 0.29) is 23.4 Å². The Morgan fingerprint density at radius 3 is 2.52 bits per heavy atom. The van der Waals surface area contributed by atoms with Crippen molar-refractivity contribution in [2.24, 2.45) is 4.99 Å². The molecule has 1 aromatic heterocycles. The maximum Gasteiger partial charge on any atom is 0.338 e. The quantitative estimate of drug-likeness (QED) is 0.314. The van der Waals surface area contributed by atoms with Crippen LogP contribution in [-0.2, 0) is 9.53 Å². The molecule has 0 radical (unpaired) electrons. The topological polar surface area (TPSA) is 104 Å². The van der Waals surface area contributed by atoms with Crippen molar-refractivity contribution < 1.29 is 14.5 Å². The van der Waals surface area contributed by atoms with E-state index < -0.39 is 16.9 Å². The summed E-state index contributed by atoms with van der Waals surface area (Å²) in [6.07, 6.45) is 1.65. The van der Waals surface area contributed by atoms with Crippen molar-refractivity contribution in [2.45, 2.75) is 19.9 Å². The van der Waals surface area contributed by atoms with E-state index in [1.165, 1.54) is 28.0 Å². The minimum Gasteiger partial charge on any atom is -0.463 e. The molecule has 2 heterocycles. The molecule has 1 atom stereocenters. The van der Waals surface area contributed by atoms with Gasteiger partial charge < -0.3 is 4.74 Å². The number of nitro groups is 1. The van der Waals surface area contributed by atoms with Gasteiger partial charge in [0.05, 0.1) is 33.4 Å². The molecule has 3 aromatic rings. The van der Waals surface area contributed by atoms with Gasteiger partial charge in [0.25, 0.3) is 11.2 Å². The van der Waals surface area contributed by atoms with Gasteiger partial charge >= 0.3 is 5.97 Å². The van der Waals surface area contributed by atoms with Crippen LogP contribution in [0, 0.1) is 10.1 Å². The molecular formula is C23H18ClN3O5S. The Balaban J connectivity index is 1.90. The van der Waals surface area contributed by atoms with Gasteiger partial charge in [-0.05, 0) is 55.3 Å². The van der Waals surface area contributed by atoms with E-state index in [1.54, 1.807) is 56.3 Å². The lowest BCUT2D eigenvalue weighted by Gasteiger charge is -2.24. The Morgan fingerprint density at radius 1 is 1.24 bits per heavy atom. The number of thiazole rings is 1. The van der Waals surface area contributed by atoms with Crippen LogP contribution >= 0.6 is 22.9 Å². The Hall–Kier alpha value is -3.56. The lowest BCUT2D eigenvalue weighted by molar-refractivity contribution is -0.384. The molecule has 1 aliphatic rings. The molecular weight excluding hydrogens is 466 g/mol. The summed E-state index contributed by atoms with van der Waals surface area (Å²) in [6, 6.07) is 12.1. The Labute approximate surface area is 196 Å². The van der Waals surface area contributed by atoms with E-state index in [0.717, 1.165) is 0 Å². The number of esters is 1. The van der Waals surface area contributed by atoms with Crippen LogP contribution in [0.15, 0.2) is 69.6 Å². The first-order chi connectivity index (χ1) is 15.8. The van der Waals surface area contributed by atoms with Crippen molar-refractivity contribution in [1.82, 2.24) is 4.57 Å². The second-order valence-electron chi connectivity index (χ2n) is 7.20. The number of fused-ring (bicyclic) bond motifs is 1. The number of benzene rings is 2. The number of halogens is 1.